The van der Waals surface area contributed by atoms with Crippen LogP contribution in [-0.2, 0) is 9.47 Å². The molecule has 0 aliphatic rings. The van der Waals surface area contributed by atoms with Gasteiger partial charge in [-0.25, -0.2) is 0 Å². The lowest BCUT2D eigenvalue weighted by molar-refractivity contribution is -0.105. The maximum Gasteiger partial charge on any atom is 0.157 e. The standard InChI is InChI=1S/C15H30O3/c1-13(9-6-12-16)7-5-8-14(2)10-11-15(17-3)18-4/h8,13,15-16H,5-7,9-12H2,1-4H3/b14-8+. The number of ether oxygens (including phenoxy) is 2. The average Bonchev–Trinajstić information content (AvgIpc) is 2.37. The lowest BCUT2D eigenvalue weighted by Crippen LogP contribution is -2.12. The predicted octanol–water partition coefficient (Wildman–Crippen LogP) is 3.52. The Balaban J connectivity index is 3.70. The molecule has 0 aromatic rings. The molecule has 0 aromatic carbocycles. The molecule has 0 saturated carbocycles. The monoisotopic (exact) mass is 258 g/mol. The van der Waals surface area contributed by atoms with Crippen LogP contribution >= 0.6 is 0 Å². The number of allylic oxidation sites excluding steroid dienone is 2. The molecule has 1 N–H and O–H groups in total. The van der Waals surface area contributed by atoms with E-state index in [1.165, 1.54) is 12.0 Å². The summed E-state index contributed by atoms with van der Waals surface area (Å²) in [6.07, 6.45) is 8.55. The van der Waals surface area contributed by atoms with Gasteiger partial charge in [0.1, 0.15) is 0 Å². The number of methoxy groups -OCH3 is 2. The third-order valence-corrected chi connectivity index (χ3v) is 3.31. The first-order chi connectivity index (χ1) is 8.63. The van der Waals surface area contributed by atoms with Gasteiger partial charge < -0.3 is 14.6 Å². The Bertz CT molecular complexity index is 210. The van der Waals surface area contributed by atoms with Crippen molar-refractivity contribution in [1.82, 2.24) is 0 Å². The van der Waals surface area contributed by atoms with E-state index in [2.05, 4.69) is 19.9 Å². The van der Waals surface area contributed by atoms with Gasteiger partial charge in [0.25, 0.3) is 0 Å². The summed E-state index contributed by atoms with van der Waals surface area (Å²) in [5.74, 6) is 0.701. The minimum absolute atomic E-state index is 0.0863. The van der Waals surface area contributed by atoms with Crippen LogP contribution in [0.15, 0.2) is 11.6 Å². The minimum atomic E-state index is -0.0863. The molecule has 108 valence electrons. The van der Waals surface area contributed by atoms with Crippen molar-refractivity contribution < 1.29 is 14.6 Å². The van der Waals surface area contributed by atoms with Crippen LogP contribution in [0.4, 0.5) is 0 Å². The van der Waals surface area contributed by atoms with E-state index in [4.69, 9.17) is 14.6 Å². The Morgan fingerprint density at radius 1 is 1.17 bits per heavy atom. The average molecular weight is 258 g/mol. The highest BCUT2D eigenvalue weighted by atomic mass is 16.7. The molecule has 3 nitrogen and oxygen atoms in total. The highest BCUT2D eigenvalue weighted by molar-refractivity contribution is 4.97. The number of hydrogen-bond acceptors (Lipinski definition) is 3. The van der Waals surface area contributed by atoms with Crippen LogP contribution in [0.25, 0.3) is 0 Å². The highest BCUT2D eigenvalue weighted by Gasteiger charge is 2.05. The maximum absolute atomic E-state index is 8.76. The summed E-state index contributed by atoms with van der Waals surface area (Å²) in [7, 11) is 3.35. The lowest BCUT2D eigenvalue weighted by atomic mass is 9.99. The second-order valence-corrected chi connectivity index (χ2v) is 5.04. The smallest absolute Gasteiger partial charge is 0.157 e. The van der Waals surface area contributed by atoms with Crippen molar-refractivity contribution in [3.8, 4) is 0 Å². The molecule has 0 aliphatic heterocycles. The van der Waals surface area contributed by atoms with E-state index >= 15 is 0 Å². The Morgan fingerprint density at radius 3 is 2.39 bits per heavy atom. The summed E-state index contributed by atoms with van der Waals surface area (Å²) in [6, 6.07) is 0. The maximum atomic E-state index is 8.76. The first kappa shape index (κ1) is 17.6. The third kappa shape index (κ3) is 9.63. The molecule has 3 heteroatoms. The van der Waals surface area contributed by atoms with Gasteiger partial charge in [0.15, 0.2) is 6.29 Å². The number of hydrogen-bond donors (Lipinski definition) is 1. The first-order valence-electron chi connectivity index (χ1n) is 6.96. The summed E-state index contributed by atoms with van der Waals surface area (Å²) in [4.78, 5) is 0. The van der Waals surface area contributed by atoms with Gasteiger partial charge in [-0.3, -0.25) is 0 Å². The van der Waals surface area contributed by atoms with Crippen LogP contribution in [0.2, 0.25) is 0 Å². The van der Waals surface area contributed by atoms with E-state index in [0.717, 1.165) is 32.1 Å². The van der Waals surface area contributed by atoms with Crippen molar-refractivity contribution >= 4 is 0 Å². The molecule has 0 heterocycles. The third-order valence-electron chi connectivity index (χ3n) is 3.31. The Labute approximate surface area is 112 Å². The molecular weight excluding hydrogens is 228 g/mol. The normalized spacial score (nSPS) is 14.2. The van der Waals surface area contributed by atoms with Gasteiger partial charge in [0.2, 0.25) is 0 Å². The molecule has 0 saturated heterocycles. The zero-order valence-corrected chi connectivity index (χ0v) is 12.4. The first-order valence-corrected chi connectivity index (χ1v) is 6.96. The zero-order valence-electron chi connectivity index (χ0n) is 12.4. The van der Waals surface area contributed by atoms with Crippen LogP contribution in [-0.4, -0.2) is 32.2 Å². The predicted molar refractivity (Wildman–Crippen MR) is 75.5 cm³/mol. The molecule has 0 aromatic heterocycles. The van der Waals surface area contributed by atoms with Crippen molar-refractivity contribution in [3.63, 3.8) is 0 Å². The summed E-state index contributed by atoms with van der Waals surface area (Å²) in [6.45, 7) is 4.74. The van der Waals surface area contributed by atoms with E-state index in [1.54, 1.807) is 14.2 Å². The highest BCUT2D eigenvalue weighted by Crippen LogP contribution is 2.15. The van der Waals surface area contributed by atoms with Gasteiger partial charge in [-0.1, -0.05) is 18.6 Å². The van der Waals surface area contributed by atoms with Crippen LogP contribution in [0.1, 0.15) is 52.4 Å². The summed E-state index contributed by atoms with van der Waals surface area (Å²) in [5.41, 5.74) is 1.41. The Morgan fingerprint density at radius 2 is 1.83 bits per heavy atom. The molecular formula is C15H30O3. The molecule has 0 rings (SSSR count). The summed E-state index contributed by atoms with van der Waals surface area (Å²) < 4.78 is 10.3. The molecule has 0 bridgehead atoms. The van der Waals surface area contributed by atoms with Gasteiger partial charge in [0.05, 0.1) is 0 Å². The van der Waals surface area contributed by atoms with E-state index in [-0.39, 0.29) is 6.29 Å². The van der Waals surface area contributed by atoms with Gasteiger partial charge >= 0.3 is 0 Å². The van der Waals surface area contributed by atoms with Crippen molar-refractivity contribution in [2.45, 2.75) is 58.7 Å². The molecule has 0 amide bonds. The molecule has 0 radical (unpaired) electrons. The fraction of sp³-hybridized carbons (Fsp3) is 0.867. The van der Waals surface area contributed by atoms with Crippen LogP contribution in [0, 0.1) is 5.92 Å². The van der Waals surface area contributed by atoms with E-state index in [1.807, 2.05) is 0 Å². The molecule has 0 spiro atoms. The fourth-order valence-electron chi connectivity index (χ4n) is 1.98. The zero-order chi connectivity index (χ0) is 13.8. The summed E-state index contributed by atoms with van der Waals surface area (Å²) >= 11 is 0. The second-order valence-electron chi connectivity index (χ2n) is 5.04. The lowest BCUT2D eigenvalue weighted by Gasteiger charge is -2.13. The second kappa shape index (κ2) is 11.7. The Kier molecular flexibility index (Phi) is 11.4. The van der Waals surface area contributed by atoms with E-state index in [0.29, 0.717) is 12.5 Å². The SMILES string of the molecule is COC(CC/C(C)=C/CCC(C)CCCO)OC. The number of aliphatic hydroxyl groups excluding tert-OH is 1. The van der Waals surface area contributed by atoms with Gasteiger partial charge in [-0.05, 0) is 44.9 Å². The Hall–Kier alpha value is -0.380. The number of aliphatic hydroxyl groups is 1. The molecule has 1 unspecified atom stereocenters. The van der Waals surface area contributed by atoms with Crippen molar-refractivity contribution in [1.29, 1.82) is 0 Å². The fourth-order valence-corrected chi connectivity index (χ4v) is 1.98. The molecule has 18 heavy (non-hydrogen) atoms. The van der Waals surface area contributed by atoms with Gasteiger partial charge in [0, 0.05) is 27.2 Å². The van der Waals surface area contributed by atoms with Crippen molar-refractivity contribution in [3.05, 3.63) is 11.6 Å². The van der Waals surface area contributed by atoms with Crippen LogP contribution < -0.4 is 0 Å². The van der Waals surface area contributed by atoms with Gasteiger partial charge in [-0.15, -0.1) is 0 Å². The van der Waals surface area contributed by atoms with Crippen molar-refractivity contribution in [2.24, 2.45) is 5.92 Å². The molecule has 0 aliphatic carbocycles. The van der Waals surface area contributed by atoms with Gasteiger partial charge in [-0.2, -0.15) is 0 Å². The molecule has 1 atom stereocenters. The van der Waals surface area contributed by atoms with Crippen LogP contribution in [0.3, 0.4) is 0 Å². The molecule has 0 fully saturated rings. The van der Waals surface area contributed by atoms with E-state index in [9.17, 15) is 0 Å². The van der Waals surface area contributed by atoms with Crippen LogP contribution in [0.5, 0.6) is 0 Å². The topological polar surface area (TPSA) is 38.7 Å². The minimum Gasteiger partial charge on any atom is -0.396 e. The number of rotatable bonds is 11. The van der Waals surface area contributed by atoms with E-state index < -0.39 is 0 Å². The quantitative estimate of drug-likeness (QED) is 0.455. The van der Waals surface area contributed by atoms with Crippen molar-refractivity contribution in [2.75, 3.05) is 20.8 Å². The largest absolute Gasteiger partial charge is 0.396 e. The summed E-state index contributed by atoms with van der Waals surface area (Å²) in [5, 5.41) is 8.76.